The van der Waals surface area contributed by atoms with Crippen LogP contribution >= 0.6 is 0 Å². The summed E-state index contributed by atoms with van der Waals surface area (Å²) in [4.78, 5) is 0. The van der Waals surface area contributed by atoms with E-state index in [1.165, 1.54) is 19.2 Å². The van der Waals surface area contributed by atoms with Crippen molar-refractivity contribution in [3.05, 3.63) is 102 Å². The van der Waals surface area contributed by atoms with Crippen molar-refractivity contribution in [3.63, 3.8) is 0 Å². The molecule has 1 nitrogen and oxygen atoms in total. The Morgan fingerprint density at radius 3 is 1.48 bits per heavy atom. The zero-order valence-electron chi connectivity index (χ0n) is 14.6. The zero-order valence-corrected chi connectivity index (χ0v) is 14.6. The lowest BCUT2D eigenvalue weighted by atomic mass is 9.84. The highest BCUT2D eigenvalue weighted by atomic mass is 19.4. The Balaban J connectivity index is 1.95. The van der Waals surface area contributed by atoms with E-state index in [-0.39, 0.29) is 5.56 Å². The molecule has 0 aliphatic heterocycles. The first kappa shape index (κ1) is 17.4. The first-order valence-corrected chi connectivity index (χ1v) is 8.57. The average Bonchev–Trinajstić information content (AvgIpc) is 3.41. The van der Waals surface area contributed by atoms with E-state index in [4.69, 9.17) is 4.74 Å². The van der Waals surface area contributed by atoms with E-state index in [9.17, 15) is 13.2 Å². The first-order valence-electron chi connectivity index (χ1n) is 8.57. The third-order valence-electron chi connectivity index (χ3n) is 5.01. The molecule has 0 saturated carbocycles. The van der Waals surface area contributed by atoms with Gasteiger partial charge in [-0.15, -0.1) is 0 Å². The summed E-state index contributed by atoms with van der Waals surface area (Å²) >= 11 is 0. The fraction of sp³-hybridized carbons (Fsp3) is 0.130. The molecule has 27 heavy (non-hydrogen) atoms. The number of allylic oxidation sites excluding steroid dienone is 2. The van der Waals surface area contributed by atoms with E-state index >= 15 is 0 Å². The molecular weight excluding hydrogens is 349 g/mol. The summed E-state index contributed by atoms with van der Waals surface area (Å²) in [5.74, 6) is 0.527. The molecule has 0 atom stereocenters. The van der Waals surface area contributed by atoms with Crippen molar-refractivity contribution >= 4 is 11.1 Å². The molecule has 0 spiro atoms. The van der Waals surface area contributed by atoms with E-state index in [0.29, 0.717) is 28.0 Å². The van der Waals surface area contributed by atoms with Gasteiger partial charge in [0.1, 0.15) is 11.2 Å². The number of halogens is 3. The van der Waals surface area contributed by atoms with Crippen molar-refractivity contribution in [1.82, 2.24) is 0 Å². The molecular formula is C23H17F3O. The summed E-state index contributed by atoms with van der Waals surface area (Å²) in [7, 11) is 1.49. The molecule has 0 heterocycles. The van der Waals surface area contributed by atoms with Crippen molar-refractivity contribution in [2.24, 2.45) is 0 Å². The van der Waals surface area contributed by atoms with Crippen molar-refractivity contribution in [3.8, 4) is 5.75 Å². The normalized spacial score (nSPS) is 15.6. The van der Waals surface area contributed by atoms with Crippen LogP contribution in [0.1, 0.15) is 16.7 Å². The van der Waals surface area contributed by atoms with Crippen molar-refractivity contribution in [1.29, 1.82) is 0 Å². The second-order valence-corrected chi connectivity index (χ2v) is 6.46. The van der Waals surface area contributed by atoms with Gasteiger partial charge in [0, 0.05) is 0 Å². The van der Waals surface area contributed by atoms with Gasteiger partial charge >= 0.3 is 6.18 Å². The van der Waals surface area contributed by atoms with E-state index in [2.05, 4.69) is 0 Å². The van der Waals surface area contributed by atoms with Crippen LogP contribution in [0.15, 0.2) is 84.9 Å². The number of hydrogen-bond acceptors (Lipinski definition) is 1. The predicted molar refractivity (Wildman–Crippen MR) is 100 cm³/mol. The van der Waals surface area contributed by atoms with E-state index in [1.807, 2.05) is 0 Å². The highest BCUT2D eigenvalue weighted by Gasteiger charge is 2.71. The SMILES string of the molecule is COc1ccc(C2(C(F)(F)F)C(c3ccccc3)=C2c2ccccc2)cc1. The quantitative estimate of drug-likeness (QED) is 0.540. The Morgan fingerprint density at radius 1 is 0.667 bits per heavy atom. The minimum Gasteiger partial charge on any atom is -0.497 e. The molecule has 0 fully saturated rings. The molecule has 3 aromatic rings. The molecule has 0 N–H and O–H groups in total. The van der Waals surface area contributed by atoms with Gasteiger partial charge in [0.15, 0.2) is 0 Å². The second kappa shape index (κ2) is 6.31. The van der Waals surface area contributed by atoms with Gasteiger partial charge < -0.3 is 4.74 Å². The number of methoxy groups -OCH3 is 1. The molecule has 4 heteroatoms. The van der Waals surface area contributed by atoms with Crippen LogP contribution in [0.25, 0.3) is 11.1 Å². The van der Waals surface area contributed by atoms with E-state index in [1.54, 1.807) is 72.8 Å². The third-order valence-corrected chi connectivity index (χ3v) is 5.01. The molecule has 0 aromatic heterocycles. The van der Waals surface area contributed by atoms with Gasteiger partial charge in [-0.2, -0.15) is 13.2 Å². The van der Waals surface area contributed by atoms with Gasteiger partial charge in [-0.3, -0.25) is 0 Å². The maximum Gasteiger partial charge on any atom is 0.406 e. The number of rotatable bonds is 4. The van der Waals surface area contributed by atoms with Gasteiger partial charge in [0.05, 0.1) is 7.11 Å². The molecule has 0 unspecified atom stereocenters. The summed E-state index contributed by atoms with van der Waals surface area (Å²) in [6.45, 7) is 0. The molecule has 4 rings (SSSR count). The fourth-order valence-electron chi connectivity index (χ4n) is 3.79. The molecule has 3 aromatic carbocycles. The van der Waals surface area contributed by atoms with Crippen molar-refractivity contribution in [2.45, 2.75) is 11.6 Å². The molecule has 0 amide bonds. The molecule has 1 aliphatic rings. The van der Waals surface area contributed by atoms with Crippen LogP contribution in [0, 0.1) is 0 Å². The fourth-order valence-corrected chi connectivity index (χ4v) is 3.79. The van der Waals surface area contributed by atoms with Gasteiger partial charge in [0.25, 0.3) is 0 Å². The molecule has 0 bridgehead atoms. The van der Waals surface area contributed by atoms with Gasteiger partial charge in [-0.1, -0.05) is 72.8 Å². The number of ether oxygens (including phenoxy) is 1. The minimum absolute atomic E-state index is 0.202. The Morgan fingerprint density at radius 2 is 1.11 bits per heavy atom. The monoisotopic (exact) mass is 366 g/mol. The lowest BCUT2D eigenvalue weighted by Crippen LogP contribution is -2.33. The number of hydrogen-bond donors (Lipinski definition) is 0. The Bertz CT molecular complexity index is 922. The largest absolute Gasteiger partial charge is 0.497 e. The molecule has 0 saturated heterocycles. The van der Waals surface area contributed by atoms with Crippen LogP contribution in [0.3, 0.4) is 0 Å². The molecule has 1 aliphatic carbocycles. The van der Waals surface area contributed by atoms with Crippen LogP contribution in [-0.2, 0) is 5.41 Å². The number of alkyl halides is 3. The van der Waals surface area contributed by atoms with E-state index in [0.717, 1.165) is 0 Å². The summed E-state index contributed by atoms with van der Waals surface area (Å²) in [6, 6.07) is 23.7. The average molecular weight is 366 g/mol. The van der Waals surface area contributed by atoms with Gasteiger partial charge in [-0.05, 0) is 40.0 Å². The predicted octanol–water partition coefficient (Wildman–Crippen LogP) is 6.12. The maximum atomic E-state index is 14.6. The minimum atomic E-state index is -4.46. The second-order valence-electron chi connectivity index (χ2n) is 6.46. The molecule has 136 valence electrons. The summed E-state index contributed by atoms with van der Waals surface area (Å²) in [5.41, 5.74) is -0.108. The lowest BCUT2D eigenvalue weighted by Gasteiger charge is -2.25. The van der Waals surface area contributed by atoms with Crippen LogP contribution in [0.2, 0.25) is 0 Å². The van der Waals surface area contributed by atoms with Crippen LogP contribution in [-0.4, -0.2) is 13.3 Å². The summed E-state index contributed by atoms with van der Waals surface area (Å²) in [6.07, 6.45) is -4.46. The smallest absolute Gasteiger partial charge is 0.406 e. The highest BCUT2D eigenvalue weighted by molar-refractivity contribution is 6.20. The summed E-state index contributed by atoms with van der Waals surface area (Å²) in [5, 5.41) is 0. The van der Waals surface area contributed by atoms with Gasteiger partial charge in [0.2, 0.25) is 0 Å². The third kappa shape index (κ3) is 2.64. The standard InChI is InChI=1S/C23H17F3O/c1-27-19-14-12-18(13-15-19)22(23(24,25)26)20(16-8-4-2-5-9-16)21(22)17-10-6-3-7-11-17/h2-15H,1H3. The first-order chi connectivity index (χ1) is 13.0. The zero-order chi connectivity index (χ0) is 19.1. The van der Waals surface area contributed by atoms with Gasteiger partial charge in [-0.25, -0.2) is 0 Å². The summed E-state index contributed by atoms with van der Waals surface area (Å²) < 4.78 is 48.8. The number of benzene rings is 3. The Kier molecular flexibility index (Phi) is 4.06. The van der Waals surface area contributed by atoms with Crippen molar-refractivity contribution in [2.75, 3.05) is 7.11 Å². The van der Waals surface area contributed by atoms with Crippen LogP contribution < -0.4 is 4.74 Å². The Labute approximate surface area is 155 Å². The molecule has 0 radical (unpaired) electrons. The lowest BCUT2D eigenvalue weighted by molar-refractivity contribution is -0.149. The van der Waals surface area contributed by atoms with Crippen molar-refractivity contribution < 1.29 is 17.9 Å². The maximum absolute atomic E-state index is 14.6. The highest BCUT2D eigenvalue weighted by Crippen LogP contribution is 2.71. The van der Waals surface area contributed by atoms with E-state index < -0.39 is 11.6 Å². The van der Waals surface area contributed by atoms with Crippen LogP contribution in [0.5, 0.6) is 5.75 Å². The Hall–Kier alpha value is -3.01. The van der Waals surface area contributed by atoms with Crippen LogP contribution in [0.4, 0.5) is 13.2 Å². The topological polar surface area (TPSA) is 9.23 Å².